The molecule has 0 aromatic carbocycles. The average Bonchev–Trinajstić information content (AvgIpc) is 2.75. The fourth-order valence-electron chi connectivity index (χ4n) is 3.63. The number of hydrogen-bond acceptors (Lipinski definition) is 5. The largest absolute Gasteiger partial charge is 0.389 e. The monoisotopic (exact) mass is 374 g/mol. The van der Waals surface area contributed by atoms with Gasteiger partial charge in [-0.15, -0.1) is 0 Å². The number of amides is 1. The topological polar surface area (TPSA) is 79.2 Å². The highest BCUT2D eigenvalue weighted by Gasteiger charge is 2.35. The summed E-state index contributed by atoms with van der Waals surface area (Å²) in [6, 6.07) is 13.0. The first-order valence-electron chi connectivity index (χ1n) is 9.42. The number of hydrogen-bond donors (Lipinski definition) is 1. The highest BCUT2D eigenvalue weighted by Crippen LogP contribution is 2.28. The molecule has 3 aromatic heterocycles. The van der Waals surface area contributed by atoms with E-state index in [2.05, 4.69) is 15.0 Å². The lowest BCUT2D eigenvalue weighted by atomic mass is 9.86. The third kappa shape index (κ3) is 3.92. The van der Waals surface area contributed by atoms with Gasteiger partial charge < -0.3 is 10.0 Å². The van der Waals surface area contributed by atoms with E-state index in [0.29, 0.717) is 43.6 Å². The van der Waals surface area contributed by atoms with Crippen molar-refractivity contribution in [2.45, 2.75) is 24.9 Å². The van der Waals surface area contributed by atoms with Crippen LogP contribution in [0.2, 0.25) is 0 Å². The molecule has 4 heterocycles. The molecule has 6 nitrogen and oxygen atoms in total. The first kappa shape index (κ1) is 18.3. The highest BCUT2D eigenvalue weighted by atomic mass is 16.3. The van der Waals surface area contributed by atoms with E-state index >= 15 is 0 Å². The minimum atomic E-state index is -0.825. The van der Waals surface area contributed by atoms with Crippen LogP contribution in [0.15, 0.2) is 67.3 Å². The molecule has 1 aliphatic heterocycles. The maximum absolute atomic E-state index is 13.1. The van der Waals surface area contributed by atoms with Crippen molar-refractivity contribution in [2.24, 2.45) is 0 Å². The van der Waals surface area contributed by atoms with Crippen LogP contribution in [0, 0.1) is 0 Å². The minimum Gasteiger partial charge on any atom is -0.389 e. The van der Waals surface area contributed by atoms with Crippen LogP contribution in [0.3, 0.4) is 0 Å². The number of piperidine rings is 1. The summed E-state index contributed by atoms with van der Waals surface area (Å²) >= 11 is 0. The Labute approximate surface area is 163 Å². The second kappa shape index (κ2) is 7.86. The summed E-state index contributed by atoms with van der Waals surface area (Å²) in [4.78, 5) is 27.7. The molecule has 3 aromatic rings. The summed E-state index contributed by atoms with van der Waals surface area (Å²) in [7, 11) is 0. The zero-order chi connectivity index (χ0) is 19.4. The first-order valence-corrected chi connectivity index (χ1v) is 9.42. The average molecular weight is 374 g/mol. The van der Waals surface area contributed by atoms with Crippen molar-refractivity contribution in [2.75, 3.05) is 13.1 Å². The molecule has 1 fully saturated rings. The van der Waals surface area contributed by atoms with Gasteiger partial charge in [0.2, 0.25) is 0 Å². The van der Waals surface area contributed by atoms with Crippen LogP contribution in [0.1, 0.15) is 28.9 Å². The number of carbonyl (C=O) groups excluding carboxylic acids is 1. The lowest BCUT2D eigenvalue weighted by molar-refractivity contribution is -0.0168. The molecule has 6 heteroatoms. The van der Waals surface area contributed by atoms with E-state index in [9.17, 15) is 9.90 Å². The molecule has 1 amide bonds. The Kier molecular flexibility index (Phi) is 5.12. The Morgan fingerprint density at radius 3 is 2.43 bits per heavy atom. The number of pyridine rings is 3. The third-order valence-corrected chi connectivity index (χ3v) is 5.21. The molecule has 0 radical (unpaired) electrons. The van der Waals surface area contributed by atoms with Crippen LogP contribution >= 0.6 is 0 Å². The van der Waals surface area contributed by atoms with Crippen molar-refractivity contribution in [1.82, 2.24) is 19.9 Å². The smallest absolute Gasteiger partial charge is 0.256 e. The molecule has 4 rings (SSSR count). The van der Waals surface area contributed by atoms with Gasteiger partial charge in [0.05, 0.1) is 16.9 Å². The Hall–Kier alpha value is -3.12. The molecular weight excluding hydrogens is 352 g/mol. The summed E-state index contributed by atoms with van der Waals surface area (Å²) < 4.78 is 0. The normalized spacial score (nSPS) is 16.0. The van der Waals surface area contributed by atoms with E-state index in [1.165, 1.54) is 0 Å². The number of aliphatic hydroxyl groups is 1. The molecule has 0 atom stereocenters. The Morgan fingerprint density at radius 1 is 0.964 bits per heavy atom. The Bertz CT molecular complexity index is 939. The fraction of sp³-hybridized carbons (Fsp3) is 0.273. The number of likely N-dealkylation sites (tertiary alicyclic amines) is 1. The lowest BCUT2D eigenvalue weighted by Gasteiger charge is -2.38. The van der Waals surface area contributed by atoms with E-state index in [0.717, 1.165) is 11.3 Å². The summed E-state index contributed by atoms with van der Waals surface area (Å²) in [5, 5.41) is 10.9. The van der Waals surface area contributed by atoms with Crippen LogP contribution < -0.4 is 0 Å². The molecule has 28 heavy (non-hydrogen) atoms. The molecule has 142 valence electrons. The molecule has 1 N–H and O–H groups in total. The van der Waals surface area contributed by atoms with Gasteiger partial charge in [0.15, 0.2) is 0 Å². The van der Waals surface area contributed by atoms with E-state index in [1.807, 2.05) is 30.3 Å². The summed E-state index contributed by atoms with van der Waals surface area (Å²) in [5.74, 6) is -0.0557. The molecule has 0 bridgehead atoms. The number of carbonyl (C=O) groups is 1. The van der Waals surface area contributed by atoms with Gasteiger partial charge in [0.1, 0.15) is 0 Å². The van der Waals surface area contributed by atoms with E-state index in [4.69, 9.17) is 0 Å². The van der Waals surface area contributed by atoms with Crippen molar-refractivity contribution in [3.8, 4) is 11.3 Å². The van der Waals surface area contributed by atoms with Crippen molar-refractivity contribution in [1.29, 1.82) is 0 Å². The summed E-state index contributed by atoms with van der Waals surface area (Å²) in [6.07, 6.45) is 8.37. The second-order valence-electron chi connectivity index (χ2n) is 7.15. The van der Waals surface area contributed by atoms with Crippen LogP contribution in [0.25, 0.3) is 11.3 Å². The summed E-state index contributed by atoms with van der Waals surface area (Å²) in [5.41, 5.74) is 2.14. The zero-order valence-corrected chi connectivity index (χ0v) is 15.5. The van der Waals surface area contributed by atoms with Gasteiger partial charge in [0, 0.05) is 55.6 Å². The van der Waals surface area contributed by atoms with E-state index in [1.54, 1.807) is 41.8 Å². The maximum Gasteiger partial charge on any atom is 0.256 e. The first-order chi connectivity index (χ1) is 13.6. The Morgan fingerprint density at radius 2 is 1.71 bits per heavy atom. The molecule has 0 saturated carbocycles. The predicted molar refractivity (Wildman–Crippen MR) is 105 cm³/mol. The quantitative estimate of drug-likeness (QED) is 0.760. The van der Waals surface area contributed by atoms with E-state index in [-0.39, 0.29) is 5.91 Å². The lowest BCUT2D eigenvalue weighted by Crippen LogP contribution is -2.48. The molecule has 1 aliphatic rings. The van der Waals surface area contributed by atoms with Crippen molar-refractivity contribution < 1.29 is 9.90 Å². The predicted octanol–water partition coefficient (Wildman–Crippen LogP) is 2.75. The van der Waals surface area contributed by atoms with Gasteiger partial charge in [0.25, 0.3) is 5.91 Å². The minimum absolute atomic E-state index is 0.0557. The molecule has 0 unspecified atom stereocenters. The molecule has 1 saturated heterocycles. The van der Waals surface area contributed by atoms with Crippen LogP contribution in [0.4, 0.5) is 0 Å². The molecule has 0 aliphatic carbocycles. The van der Waals surface area contributed by atoms with Gasteiger partial charge in [-0.3, -0.25) is 19.7 Å². The van der Waals surface area contributed by atoms with Gasteiger partial charge in [-0.2, -0.15) is 0 Å². The molecule has 0 spiro atoms. The molecular formula is C22H22N4O2. The van der Waals surface area contributed by atoms with Gasteiger partial charge in [-0.05, 0) is 49.2 Å². The van der Waals surface area contributed by atoms with Crippen LogP contribution in [-0.4, -0.2) is 49.6 Å². The maximum atomic E-state index is 13.1. The summed E-state index contributed by atoms with van der Waals surface area (Å²) in [6.45, 7) is 1.01. The van der Waals surface area contributed by atoms with Gasteiger partial charge in [-0.25, -0.2) is 0 Å². The van der Waals surface area contributed by atoms with E-state index < -0.39 is 5.60 Å². The van der Waals surface area contributed by atoms with Crippen molar-refractivity contribution in [3.05, 3.63) is 78.5 Å². The highest BCUT2D eigenvalue weighted by molar-refractivity contribution is 5.99. The fourth-order valence-corrected chi connectivity index (χ4v) is 3.63. The zero-order valence-electron chi connectivity index (χ0n) is 15.5. The van der Waals surface area contributed by atoms with Crippen LogP contribution in [0.5, 0.6) is 0 Å². The third-order valence-electron chi connectivity index (χ3n) is 5.21. The second-order valence-corrected chi connectivity index (χ2v) is 7.15. The standard InChI is InChI=1S/C22H22N4O2/c27-21(19-5-3-11-25-20(19)17-6-12-23-13-7-17)26-14-8-22(28,9-15-26)16-18-4-1-2-10-24-18/h1-7,10-13,28H,8-9,14-16H2. The van der Waals surface area contributed by atoms with Crippen molar-refractivity contribution >= 4 is 5.91 Å². The number of nitrogens with zero attached hydrogens (tertiary/aromatic N) is 4. The van der Waals surface area contributed by atoms with Crippen molar-refractivity contribution in [3.63, 3.8) is 0 Å². The SMILES string of the molecule is O=C(c1cccnc1-c1ccncc1)N1CCC(O)(Cc2ccccn2)CC1. The van der Waals surface area contributed by atoms with Gasteiger partial charge in [-0.1, -0.05) is 6.07 Å². The number of rotatable bonds is 4. The number of aromatic nitrogens is 3. The van der Waals surface area contributed by atoms with Gasteiger partial charge >= 0.3 is 0 Å². The van der Waals surface area contributed by atoms with Crippen LogP contribution in [-0.2, 0) is 6.42 Å². The Balaban J connectivity index is 1.48.